The molecule has 2 heteroatoms. The molecule has 1 atom stereocenters. The SMILES string of the molecule is C=C1CN2C=CC=CC2C1=O. The zero-order valence-electron chi connectivity index (χ0n) is 6.16. The first kappa shape index (κ1) is 6.40. The van der Waals surface area contributed by atoms with E-state index in [1.54, 1.807) is 0 Å². The molecule has 1 fully saturated rings. The standard InChI is InChI=1S/C9H9NO/c1-7-6-10-5-3-2-4-8(10)9(7)11/h2-5,8H,1,6H2. The van der Waals surface area contributed by atoms with Crippen molar-refractivity contribution in [1.29, 1.82) is 0 Å². The summed E-state index contributed by atoms with van der Waals surface area (Å²) in [5.41, 5.74) is 0.714. The van der Waals surface area contributed by atoms with Crippen LogP contribution in [0.1, 0.15) is 0 Å². The van der Waals surface area contributed by atoms with Crippen LogP contribution < -0.4 is 0 Å². The van der Waals surface area contributed by atoms with Gasteiger partial charge in [-0.2, -0.15) is 0 Å². The number of Topliss-reactive ketones (excluding diaryl/α,β-unsaturated/α-hetero) is 1. The smallest absolute Gasteiger partial charge is 0.186 e. The molecule has 2 aliphatic heterocycles. The number of rotatable bonds is 0. The predicted molar refractivity (Wildman–Crippen MR) is 42.9 cm³/mol. The molecule has 2 heterocycles. The van der Waals surface area contributed by atoms with E-state index in [0.29, 0.717) is 12.1 Å². The Morgan fingerprint density at radius 1 is 1.55 bits per heavy atom. The number of hydrogen-bond acceptors (Lipinski definition) is 2. The molecule has 2 nitrogen and oxygen atoms in total. The lowest BCUT2D eigenvalue weighted by atomic mass is 10.1. The summed E-state index contributed by atoms with van der Waals surface area (Å²) in [6, 6.07) is -0.0625. The summed E-state index contributed by atoms with van der Waals surface area (Å²) >= 11 is 0. The Balaban J connectivity index is 2.34. The summed E-state index contributed by atoms with van der Waals surface area (Å²) in [6.07, 6.45) is 7.67. The number of hydrogen-bond donors (Lipinski definition) is 0. The van der Waals surface area contributed by atoms with Gasteiger partial charge in [-0.15, -0.1) is 0 Å². The first-order chi connectivity index (χ1) is 5.29. The largest absolute Gasteiger partial charge is 0.359 e. The molecule has 1 unspecified atom stereocenters. The number of nitrogens with zero attached hydrogens (tertiary/aromatic N) is 1. The first-order valence-corrected chi connectivity index (χ1v) is 3.62. The minimum atomic E-state index is -0.0625. The van der Waals surface area contributed by atoms with E-state index in [1.807, 2.05) is 29.3 Å². The van der Waals surface area contributed by atoms with Gasteiger partial charge in [-0.05, 0) is 6.08 Å². The van der Waals surface area contributed by atoms with E-state index in [9.17, 15) is 4.79 Å². The van der Waals surface area contributed by atoms with Gasteiger partial charge in [0.15, 0.2) is 5.78 Å². The van der Waals surface area contributed by atoms with Crippen LogP contribution in [0.3, 0.4) is 0 Å². The van der Waals surface area contributed by atoms with Crippen molar-refractivity contribution < 1.29 is 4.79 Å². The molecule has 0 saturated carbocycles. The molecule has 0 aliphatic carbocycles. The Hall–Kier alpha value is -1.31. The summed E-state index contributed by atoms with van der Waals surface area (Å²) in [4.78, 5) is 13.3. The van der Waals surface area contributed by atoms with Gasteiger partial charge in [0, 0.05) is 18.3 Å². The van der Waals surface area contributed by atoms with Crippen LogP contribution in [0.25, 0.3) is 0 Å². The maximum atomic E-state index is 11.3. The lowest BCUT2D eigenvalue weighted by Gasteiger charge is -2.19. The van der Waals surface area contributed by atoms with Crippen LogP contribution in [0.15, 0.2) is 36.6 Å². The van der Waals surface area contributed by atoms with Gasteiger partial charge in [0.1, 0.15) is 6.04 Å². The molecular weight excluding hydrogens is 138 g/mol. The Morgan fingerprint density at radius 3 is 3.09 bits per heavy atom. The summed E-state index contributed by atoms with van der Waals surface area (Å²) in [5, 5.41) is 0. The van der Waals surface area contributed by atoms with E-state index < -0.39 is 0 Å². The van der Waals surface area contributed by atoms with E-state index in [-0.39, 0.29) is 11.8 Å². The Kier molecular flexibility index (Phi) is 1.22. The first-order valence-electron chi connectivity index (χ1n) is 3.62. The van der Waals surface area contributed by atoms with E-state index in [4.69, 9.17) is 0 Å². The van der Waals surface area contributed by atoms with Crippen LogP contribution in [-0.2, 0) is 4.79 Å². The van der Waals surface area contributed by atoms with Crippen molar-refractivity contribution in [3.63, 3.8) is 0 Å². The van der Waals surface area contributed by atoms with Gasteiger partial charge in [-0.1, -0.05) is 18.7 Å². The molecule has 0 aromatic rings. The molecule has 11 heavy (non-hydrogen) atoms. The Morgan fingerprint density at radius 2 is 2.36 bits per heavy atom. The molecule has 56 valence electrons. The van der Waals surface area contributed by atoms with Crippen LogP contribution in [0.4, 0.5) is 0 Å². The van der Waals surface area contributed by atoms with Gasteiger partial charge in [0.2, 0.25) is 0 Å². The highest BCUT2D eigenvalue weighted by molar-refractivity contribution is 6.03. The molecule has 0 bridgehead atoms. The third kappa shape index (κ3) is 0.827. The third-order valence-electron chi connectivity index (χ3n) is 2.03. The highest BCUT2D eigenvalue weighted by Crippen LogP contribution is 2.21. The monoisotopic (exact) mass is 147 g/mol. The molecule has 1 saturated heterocycles. The molecule has 0 N–H and O–H groups in total. The molecule has 0 radical (unpaired) electrons. The summed E-state index contributed by atoms with van der Waals surface area (Å²) in [7, 11) is 0. The zero-order chi connectivity index (χ0) is 7.84. The second-order valence-electron chi connectivity index (χ2n) is 2.81. The highest BCUT2D eigenvalue weighted by Gasteiger charge is 2.31. The van der Waals surface area contributed by atoms with Gasteiger partial charge < -0.3 is 4.90 Å². The molecule has 2 rings (SSSR count). The van der Waals surface area contributed by atoms with Crippen molar-refractivity contribution in [2.45, 2.75) is 6.04 Å². The van der Waals surface area contributed by atoms with Crippen molar-refractivity contribution in [3.05, 3.63) is 36.6 Å². The van der Waals surface area contributed by atoms with Gasteiger partial charge in [-0.3, -0.25) is 4.79 Å². The minimum Gasteiger partial charge on any atom is -0.359 e. The van der Waals surface area contributed by atoms with Gasteiger partial charge >= 0.3 is 0 Å². The maximum absolute atomic E-state index is 11.3. The normalized spacial score (nSPS) is 28.0. The fourth-order valence-corrected chi connectivity index (χ4v) is 1.43. The lowest BCUT2D eigenvalue weighted by Crippen LogP contribution is -2.27. The van der Waals surface area contributed by atoms with E-state index >= 15 is 0 Å². The lowest BCUT2D eigenvalue weighted by molar-refractivity contribution is -0.115. The van der Waals surface area contributed by atoms with Gasteiger partial charge in [0.25, 0.3) is 0 Å². The molecule has 0 spiro atoms. The molecular formula is C9H9NO. The molecule has 0 amide bonds. The molecule has 0 aromatic carbocycles. The number of carbonyl (C=O) groups excluding carboxylic acids is 1. The fourth-order valence-electron chi connectivity index (χ4n) is 1.43. The molecule has 2 aliphatic rings. The average Bonchev–Trinajstić information content (AvgIpc) is 2.30. The topological polar surface area (TPSA) is 20.3 Å². The Bertz CT molecular complexity index is 275. The Labute approximate surface area is 65.5 Å². The second kappa shape index (κ2) is 2.09. The van der Waals surface area contributed by atoms with E-state index in [1.165, 1.54) is 0 Å². The minimum absolute atomic E-state index is 0.0625. The summed E-state index contributed by atoms with van der Waals surface area (Å²) in [5.74, 6) is 0.158. The fraction of sp³-hybridized carbons (Fsp3) is 0.222. The molecule has 0 aromatic heterocycles. The van der Waals surface area contributed by atoms with Crippen molar-refractivity contribution in [2.24, 2.45) is 0 Å². The van der Waals surface area contributed by atoms with Crippen molar-refractivity contribution in [2.75, 3.05) is 6.54 Å². The highest BCUT2D eigenvalue weighted by atomic mass is 16.1. The second-order valence-corrected chi connectivity index (χ2v) is 2.81. The van der Waals surface area contributed by atoms with Crippen molar-refractivity contribution in [3.8, 4) is 0 Å². The van der Waals surface area contributed by atoms with Crippen LogP contribution in [-0.4, -0.2) is 23.3 Å². The van der Waals surface area contributed by atoms with Crippen molar-refractivity contribution in [1.82, 2.24) is 4.90 Å². The number of fused-ring (bicyclic) bond motifs is 1. The predicted octanol–water partition coefficient (Wildman–Crippen LogP) is 0.879. The summed E-state index contributed by atoms with van der Waals surface area (Å²) in [6.45, 7) is 4.39. The van der Waals surface area contributed by atoms with Gasteiger partial charge in [0.05, 0.1) is 0 Å². The van der Waals surface area contributed by atoms with Gasteiger partial charge in [-0.25, -0.2) is 0 Å². The van der Waals surface area contributed by atoms with Crippen LogP contribution >= 0.6 is 0 Å². The quantitative estimate of drug-likeness (QED) is 0.474. The van der Waals surface area contributed by atoms with E-state index in [0.717, 1.165) is 0 Å². The van der Waals surface area contributed by atoms with Crippen LogP contribution in [0, 0.1) is 0 Å². The average molecular weight is 147 g/mol. The number of carbonyl (C=O) groups is 1. The van der Waals surface area contributed by atoms with Crippen LogP contribution in [0.2, 0.25) is 0 Å². The maximum Gasteiger partial charge on any atom is 0.186 e. The number of allylic oxidation sites excluding steroid dienone is 2. The van der Waals surface area contributed by atoms with E-state index in [2.05, 4.69) is 6.58 Å². The van der Waals surface area contributed by atoms with Crippen molar-refractivity contribution >= 4 is 5.78 Å². The van der Waals surface area contributed by atoms with Crippen LogP contribution in [0.5, 0.6) is 0 Å². The summed E-state index contributed by atoms with van der Waals surface area (Å²) < 4.78 is 0. The zero-order valence-corrected chi connectivity index (χ0v) is 6.16. The number of ketones is 1. The third-order valence-corrected chi connectivity index (χ3v) is 2.03.